The second kappa shape index (κ2) is 7.74. The Morgan fingerprint density at radius 1 is 1.16 bits per heavy atom. The number of hydrogen-bond donors (Lipinski definition) is 3. The Kier molecular flexibility index (Phi) is 5.43. The lowest BCUT2D eigenvalue weighted by molar-refractivity contribution is -0.140. The van der Waals surface area contributed by atoms with Crippen LogP contribution in [0.5, 0.6) is 5.75 Å². The molecule has 0 aliphatic heterocycles. The Hall–Kier alpha value is -2.27. The van der Waals surface area contributed by atoms with Gasteiger partial charge in [-0.15, -0.1) is 0 Å². The van der Waals surface area contributed by atoms with E-state index < -0.39 is 0 Å². The number of halogens is 1. The van der Waals surface area contributed by atoms with Crippen LogP contribution in [-0.2, 0) is 4.79 Å². The van der Waals surface area contributed by atoms with Crippen molar-refractivity contribution in [3.63, 3.8) is 0 Å². The first kappa shape index (κ1) is 17.5. The van der Waals surface area contributed by atoms with E-state index in [9.17, 15) is 4.79 Å². The number of benzene rings is 2. The summed E-state index contributed by atoms with van der Waals surface area (Å²) >= 11 is 6.21. The minimum absolute atomic E-state index is 0.00357. The highest BCUT2D eigenvalue weighted by Gasteiger charge is 2.28. The van der Waals surface area contributed by atoms with Crippen LogP contribution < -0.4 is 15.8 Å². The monoisotopic (exact) mass is 359 g/mol. The number of ether oxygens (including phenoxy) is 1. The van der Waals surface area contributed by atoms with Gasteiger partial charge in [0.15, 0.2) is 5.96 Å². The number of guanidine groups is 1. The summed E-state index contributed by atoms with van der Waals surface area (Å²) in [7, 11) is 0. The van der Waals surface area contributed by atoms with Crippen LogP contribution in [0.25, 0.3) is 10.8 Å². The molecule has 0 atom stereocenters. The minimum atomic E-state index is -0.176. The van der Waals surface area contributed by atoms with Gasteiger partial charge in [0.2, 0.25) is 0 Å². The fourth-order valence-corrected chi connectivity index (χ4v) is 3.60. The largest absolute Gasteiger partial charge is 0.426 e. The van der Waals surface area contributed by atoms with Crippen molar-refractivity contribution in [1.29, 1.82) is 5.41 Å². The van der Waals surface area contributed by atoms with Crippen molar-refractivity contribution in [3.8, 4) is 5.75 Å². The third kappa shape index (κ3) is 4.23. The summed E-state index contributed by atoms with van der Waals surface area (Å²) in [5.74, 6) is 0.749. The zero-order valence-electron chi connectivity index (χ0n) is 13.9. The van der Waals surface area contributed by atoms with Crippen molar-refractivity contribution < 1.29 is 9.53 Å². The van der Waals surface area contributed by atoms with Crippen molar-refractivity contribution in [3.05, 3.63) is 41.4 Å². The van der Waals surface area contributed by atoms with Gasteiger partial charge in [-0.1, -0.05) is 35.9 Å². The van der Waals surface area contributed by atoms with E-state index in [1.54, 1.807) is 12.1 Å². The van der Waals surface area contributed by atoms with Crippen molar-refractivity contribution in [1.82, 2.24) is 5.32 Å². The number of hydrogen-bond acceptors (Lipinski definition) is 3. The van der Waals surface area contributed by atoms with Gasteiger partial charge in [0.25, 0.3) is 0 Å². The van der Waals surface area contributed by atoms with Gasteiger partial charge in [0, 0.05) is 22.3 Å². The van der Waals surface area contributed by atoms with Gasteiger partial charge >= 0.3 is 5.97 Å². The SMILES string of the molecule is N=C(N)NC[C@H]1CC[C@H](C(=O)Oc2ccc(Cl)c3ccccc23)CC1. The van der Waals surface area contributed by atoms with E-state index >= 15 is 0 Å². The molecule has 1 aliphatic carbocycles. The topological polar surface area (TPSA) is 88.2 Å². The summed E-state index contributed by atoms with van der Waals surface area (Å²) in [5, 5.41) is 12.4. The molecule has 3 rings (SSSR count). The number of fused-ring (bicyclic) bond motifs is 1. The van der Waals surface area contributed by atoms with Crippen molar-refractivity contribution >= 4 is 34.3 Å². The zero-order valence-corrected chi connectivity index (χ0v) is 14.7. The lowest BCUT2D eigenvalue weighted by Crippen LogP contribution is -2.36. The molecule has 5 nitrogen and oxygen atoms in total. The summed E-state index contributed by atoms with van der Waals surface area (Å²) in [6.07, 6.45) is 3.46. The highest BCUT2D eigenvalue weighted by Crippen LogP contribution is 2.34. The number of carbonyl (C=O) groups excluding carboxylic acids is 1. The van der Waals surface area contributed by atoms with Crippen molar-refractivity contribution in [2.24, 2.45) is 17.6 Å². The maximum Gasteiger partial charge on any atom is 0.314 e. The molecule has 2 aromatic rings. The van der Waals surface area contributed by atoms with Gasteiger partial charge in [-0.05, 0) is 43.7 Å². The molecule has 2 aromatic carbocycles. The summed E-state index contributed by atoms with van der Waals surface area (Å²) in [5.41, 5.74) is 5.32. The molecule has 0 radical (unpaired) electrons. The van der Waals surface area contributed by atoms with E-state index in [1.165, 1.54) is 0 Å². The Morgan fingerprint density at radius 3 is 2.52 bits per heavy atom. The smallest absolute Gasteiger partial charge is 0.314 e. The minimum Gasteiger partial charge on any atom is -0.426 e. The van der Waals surface area contributed by atoms with Gasteiger partial charge in [-0.25, -0.2) is 0 Å². The molecular formula is C19H22ClN3O2. The van der Waals surface area contributed by atoms with E-state index in [0.717, 1.165) is 36.5 Å². The molecule has 0 heterocycles. The normalized spacial score (nSPS) is 20.2. The molecule has 1 aliphatic rings. The predicted octanol–water partition coefficient (Wildman–Crippen LogP) is 3.69. The van der Waals surface area contributed by atoms with Crippen LogP contribution in [0.3, 0.4) is 0 Å². The highest BCUT2D eigenvalue weighted by molar-refractivity contribution is 6.35. The summed E-state index contributed by atoms with van der Waals surface area (Å²) in [4.78, 5) is 12.5. The maximum atomic E-state index is 12.5. The van der Waals surface area contributed by atoms with Crippen LogP contribution in [0, 0.1) is 17.2 Å². The van der Waals surface area contributed by atoms with Crippen LogP contribution >= 0.6 is 11.6 Å². The predicted molar refractivity (Wildman–Crippen MR) is 100.0 cm³/mol. The van der Waals surface area contributed by atoms with Gasteiger partial charge < -0.3 is 15.8 Å². The summed E-state index contributed by atoms with van der Waals surface area (Å²) in [6.45, 7) is 0.693. The number of nitrogens with two attached hydrogens (primary N) is 1. The van der Waals surface area contributed by atoms with Crippen LogP contribution in [0.4, 0.5) is 0 Å². The fourth-order valence-electron chi connectivity index (χ4n) is 3.37. The highest BCUT2D eigenvalue weighted by atomic mass is 35.5. The molecular weight excluding hydrogens is 338 g/mol. The number of nitrogens with one attached hydrogen (secondary N) is 2. The van der Waals surface area contributed by atoms with Gasteiger partial charge in [0.1, 0.15) is 5.75 Å². The molecule has 0 unspecified atom stereocenters. The second-order valence-corrected chi connectivity index (χ2v) is 6.93. The van der Waals surface area contributed by atoms with Crippen LogP contribution in [0.1, 0.15) is 25.7 Å². The Morgan fingerprint density at radius 2 is 1.84 bits per heavy atom. The first-order chi connectivity index (χ1) is 12.0. The maximum absolute atomic E-state index is 12.5. The lowest BCUT2D eigenvalue weighted by Gasteiger charge is -2.27. The Balaban J connectivity index is 1.62. The molecule has 0 saturated heterocycles. The zero-order chi connectivity index (χ0) is 17.8. The molecule has 0 spiro atoms. The molecule has 0 amide bonds. The number of rotatable bonds is 4. The fraction of sp³-hybridized carbons (Fsp3) is 0.368. The van der Waals surface area contributed by atoms with E-state index in [-0.39, 0.29) is 17.8 Å². The third-order valence-electron chi connectivity index (χ3n) is 4.80. The van der Waals surface area contributed by atoms with Crippen LogP contribution in [0.15, 0.2) is 36.4 Å². The quantitative estimate of drug-likeness (QED) is 0.336. The van der Waals surface area contributed by atoms with Gasteiger partial charge in [-0.3, -0.25) is 10.2 Å². The molecule has 4 N–H and O–H groups in total. The van der Waals surface area contributed by atoms with E-state index in [2.05, 4.69) is 5.32 Å². The Labute approximate surface area is 152 Å². The molecule has 6 heteroatoms. The number of carbonyl (C=O) groups is 1. The van der Waals surface area contributed by atoms with Crippen LogP contribution in [-0.4, -0.2) is 18.5 Å². The molecule has 25 heavy (non-hydrogen) atoms. The van der Waals surface area contributed by atoms with Gasteiger partial charge in [-0.2, -0.15) is 0 Å². The van der Waals surface area contributed by atoms with Crippen molar-refractivity contribution in [2.45, 2.75) is 25.7 Å². The average Bonchev–Trinajstić information content (AvgIpc) is 2.63. The first-order valence-electron chi connectivity index (χ1n) is 8.51. The van der Waals surface area contributed by atoms with Crippen molar-refractivity contribution in [2.75, 3.05) is 6.54 Å². The van der Waals surface area contributed by atoms with E-state index in [1.807, 2.05) is 24.3 Å². The number of esters is 1. The third-order valence-corrected chi connectivity index (χ3v) is 5.13. The average molecular weight is 360 g/mol. The molecule has 1 saturated carbocycles. The molecule has 0 bridgehead atoms. The molecule has 0 aromatic heterocycles. The van der Waals surface area contributed by atoms with E-state index in [0.29, 0.717) is 23.2 Å². The lowest BCUT2D eigenvalue weighted by atomic mass is 9.82. The van der Waals surface area contributed by atoms with Crippen LogP contribution in [0.2, 0.25) is 5.02 Å². The standard InChI is InChI=1S/C19H22ClN3O2/c20-16-9-10-17(15-4-2-1-3-14(15)16)25-18(24)13-7-5-12(6-8-13)11-23-19(21)22/h1-4,9-10,12-13H,5-8,11H2,(H4,21,22,23)/t12-,13-. The molecule has 132 valence electrons. The van der Waals surface area contributed by atoms with Gasteiger partial charge in [0.05, 0.1) is 5.92 Å². The second-order valence-electron chi connectivity index (χ2n) is 6.52. The molecule has 1 fully saturated rings. The first-order valence-corrected chi connectivity index (χ1v) is 8.89. The van der Waals surface area contributed by atoms with E-state index in [4.69, 9.17) is 27.5 Å². The summed E-state index contributed by atoms with van der Waals surface area (Å²) in [6, 6.07) is 11.2. The summed E-state index contributed by atoms with van der Waals surface area (Å²) < 4.78 is 5.69. The Bertz CT molecular complexity index is 785.